The van der Waals surface area contributed by atoms with Crippen LogP contribution in [0.2, 0.25) is 0 Å². The fraction of sp³-hybridized carbons (Fsp3) is 0.353. The third-order valence-corrected chi connectivity index (χ3v) is 3.39. The van der Waals surface area contributed by atoms with Crippen LogP contribution in [0.3, 0.4) is 0 Å². The molecule has 2 rings (SSSR count). The van der Waals surface area contributed by atoms with Crippen molar-refractivity contribution >= 4 is 22.8 Å². The SMILES string of the molecule is CCOC(=O)c1cc2cc(C)c(C)cc2nc1C(=O)OCC. The van der Waals surface area contributed by atoms with E-state index in [4.69, 9.17) is 9.47 Å². The highest BCUT2D eigenvalue weighted by molar-refractivity contribution is 6.04. The summed E-state index contributed by atoms with van der Waals surface area (Å²) in [6, 6.07) is 5.47. The average molecular weight is 301 g/mol. The van der Waals surface area contributed by atoms with Crippen molar-refractivity contribution in [2.24, 2.45) is 0 Å². The quantitative estimate of drug-likeness (QED) is 0.811. The van der Waals surface area contributed by atoms with Gasteiger partial charge in [-0.1, -0.05) is 0 Å². The van der Waals surface area contributed by atoms with E-state index in [0.717, 1.165) is 16.5 Å². The van der Waals surface area contributed by atoms with Gasteiger partial charge in [0.1, 0.15) is 0 Å². The van der Waals surface area contributed by atoms with Gasteiger partial charge in [0.2, 0.25) is 0 Å². The van der Waals surface area contributed by atoms with E-state index in [9.17, 15) is 9.59 Å². The van der Waals surface area contributed by atoms with Gasteiger partial charge < -0.3 is 9.47 Å². The van der Waals surface area contributed by atoms with Gasteiger partial charge in [0.15, 0.2) is 5.69 Å². The summed E-state index contributed by atoms with van der Waals surface area (Å²) in [5, 5.41) is 0.791. The Hall–Kier alpha value is -2.43. The Kier molecular flexibility index (Phi) is 4.75. The van der Waals surface area contributed by atoms with Crippen LogP contribution in [0.1, 0.15) is 45.8 Å². The number of fused-ring (bicyclic) bond motifs is 1. The van der Waals surface area contributed by atoms with Gasteiger partial charge in [-0.15, -0.1) is 0 Å². The molecule has 1 aromatic carbocycles. The molecule has 5 nitrogen and oxygen atoms in total. The Labute approximate surface area is 129 Å². The molecule has 0 saturated carbocycles. The van der Waals surface area contributed by atoms with E-state index in [2.05, 4.69) is 4.98 Å². The highest BCUT2D eigenvalue weighted by Gasteiger charge is 2.22. The maximum atomic E-state index is 12.1. The van der Waals surface area contributed by atoms with Crippen LogP contribution >= 0.6 is 0 Å². The van der Waals surface area contributed by atoms with Crippen LogP contribution in [0.5, 0.6) is 0 Å². The predicted molar refractivity (Wildman–Crippen MR) is 83.1 cm³/mol. The number of pyridine rings is 1. The number of ether oxygens (including phenoxy) is 2. The molecule has 0 bridgehead atoms. The van der Waals surface area contributed by atoms with Crippen LogP contribution in [0.25, 0.3) is 10.9 Å². The van der Waals surface area contributed by atoms with E-state index >= 15 is 0 Å². The summed E-state index contributed by atoms with van der Waals surface area (Å²) in [7, 11) is 0. The lowest BCUT2D eigenvalue weighted by Crippen LogP contribution is -2.16. The van der Waals surface area contributed by atoms with E-state index in [0.29, 0.717) is 5.52 Å². The first-order chi connectivity index (χ1) is 10.5. The number of hydrogen-bond donors (Lipinski definition) is 0. The molecular formula is C17H19NO4. The number of aromatic nitrogens is 1. The molecule has 1 aromatic heterocycles. The number of carbonyl (C=O) groups excluding carboxylic acids is 2. The monoisotopic (exact) mass is 301 g/mol. The molecule has 0 aliphatic carbocycles. The van der Waals surface area contributed by atoms with Gasteiger partial charge in [-0.3, -0.25) is 0 Å². The van der Waals surface area contributed by atoms with Crippen molar-refractivity contribution in [2.45, 2.75) is 27.7 Å². The zero-order chi connectivity index (χ0) is 16.3. The fourth-order valence-electron chi connectivity index (χ4n) is 2.16. The molecule has 5 heteroatoms. The third-order valence-electron chi connectivity index (χ3n) is 3.39. The van der Waals surface area contributed by atoms with Crippen LogP contribution in [0.15, 0.2) is 18.2 Å². The summed E-state index contributed by atoms with van der Waals surface area (Å²) in [5.41, 5.74) is 2.94. The molecule has 0 saturated heterocycles. The fourth-order valence-corrected chi connectivity index (χ4v) is 2.16. The van der Waals surface area contributed by atoms with Crippen molar-refractivity contribution < 1.29 is 19.1 Å². The molecule has 0 radical (unpaired) electrons. The molecule has 0 aliphatic rings. The van der Waals surface area contributed by atoms with Gasteiger partial charge in [0.25, 0.3) is 0 Å². The minimum Gasteiger partial charge on any atom is -0.462 e. The molecule has 0 amide bonds. The molecule has 1 heterocycles. The number of esters is 2. The molecule has 22 heavy (non-hydrogen) atoms. The second kappa shape index (κ2) is 6.56. The Morgan fingerprint density at radius 1 is 0.955 bits per heavy atom. The maximum Gasteiger partial charge on any atom is 0.357 e. The zero-order valence-electron chi connectivity index (χ0n) is 13.2. The summed E-state index contributed by atoms with van der Waals surface area (Å²) >= 11 is 0. The van der Waals surface area contributed by atoms with E-state index < -0.39 is 11.9 Å². The van der Waals surface area contributed by atoms with Crippen LogP contribution in [0.4, 0.5) is 0 Å². The standard InChI is InChI=1S/C17H19NO4/c1-5-21-16(19)13-9-12-7-10(3)11(4)8-14(12)18-15(13)17(20)22-6-2/h7-9H,5-6H2,1-4H3. The summed E-state index contributed by atoms with van der Waals surface area (Å²) in [6.07, 6.45) is 0. The molecule has 116 valence electrons. The lowest BCUT2D eigenvalue weighted by molar-refractivity contribution is 0.0474. The highest BCUT2D eigenvalue weighted by Crippen LogP contribution is 2.22. The van der Waals surface area contributed by atoms with Crippen molar-refractivity contribution in [3.63, 3.8) is 0 Å². The smallest absolute Gasteiger partial charge is 0.357 e. The Morgan fingerprint density at radius 3 is 2.18 bits per heavy atom. The van der Waals surface area contributed by atoms with Crippen molar-refractivity contribution in [3.8, 4) is 0 Å². The summed E-state index contributed by atoms with van der Waals surface area (Å²) in [5.74, 6) is -1.19. The minimum absolute atomic E-state index is 0.00365. The topological polar surface area (TPSA) is 65.5 Å². The number of aryl methyl sites for hydroxylation is 2. The van der Waals surface area contributed by atoms with Gasteiger partial charge in [0.05, 0.1) is 24.3 Å². The van der Waals surface area contributed by atoms with Crippen molar-refractivity contribution in [3.05, 3.63) is 40.6 Å². The van der Waals surface area contributed by atoms with E-state index in [-0.39, 0.29) is 24.5 Å². The molecule has 0 spiro atoms. The van der Waals surface area contributed by atoms with E-state index in [1.165, 1.54) is 0 Å². The first kappa shape index (κ1) is 15.9. The first-order valence-corrected chi connectivity index (χ1v) is 7.24. The maximum absolute atomic E-state index is 12.1. The lowest BCUT2D eigenvalue weighted by atomic mass is 10.0. The van der Waals surface area contributed by atoms with Gasteiger partial charge in [-0.05, 0) is 57.0 Å². The molecule has 0 aliphatic heterocycles. The Bertz CT molecular complexity index is 675. The molecular weight excluding hydrogens is 282 g/mol. The lowest BCUT2D eigenvalue weighted by Gasteiger charge is -2.10. The Morgan fingerprint density at radius 2 is 1.55 bits per heavy atom. The number of hydrogen-bond acceptors (Lipinski definition) is 5. The summed E-state index contributed by atoms with van der Waals surface area (Å²) in [4.78, 5) is 28.5. The van der Waals surface area contributed by atoms with Crippen molar-refractivity contribution in [1.29, 1.82) is 0 Å². The normalized spacial score (nSPS) is 10.5. The van der Waals surface area contributed by atoms with Crippen molar-refractivity contribution in [1.82, 2.24) is 4.98 Å². The molecule has 0 N–H and O–H groups in total. The number of benzene rings is 1. The van der Waals surface area contributed by atoms with E-state index in [1.807, 2.05) is 26.0 Å². The van der Waals surface area contributed by atoms with Crippen LogP contribution < -0.4 is 0 Å². The minimum atomic E-state index is -0.620. The molecule has 0 fully saturated rings. The van der Waals surface area contributed by atoms with Crippen LogP contribution in [-0.4, -0.2) is 30.1 Å². The Balaban J connectivity index is 2.66. The molecule has 0 atom stereocenters. The number of rotatable bonds is 4. The predicted octanol–water partition coefficient (Wildman–Crippen LogP) is 3.21. The number of nitrogens with zero attached hydrogens (tertiary/aromatic N) is 1. The average Bonchev–Trinajstić information content (AvgIpc) is 2.48. The van der Waals surface area contributed by atoms with Gasteiger partial charge >= 0.3 is 11.9 Å². The second-order valence-corrected chi connectivity index (χ2v) is 4.95. The largest absolute Gasteiger partial charge is 0.462 e. The van der Waals surface area contributed by atoms with E-state index in [1.54, 1.807) is 19.9 Å². The van der Waals surface area contributed by atoms with Crippen LogP contribution in [-0.2, 0) is 9.47 Å². The van der Waals surface area contributed by atoms with Gasteiger partial charge in [0, 0.05) is 5.39 Å². The molecule has 2 aromatic rings. The zero-order valence-corrected chi connectivity index (χ0v) is 13.2. The summed E-state index contributed by atoms with van der Waals surface area (Å²) < 4.78 is 10.0. The second-order valence-electron chi connectivity index (χ2n) is 4.95. The molecule has 0 unspecified atom stereocenters. The summed E-state index contributed by atoms with van der Waals surface area (Å²) in [6.45, 7) is 7.82. The highest BCUT2D eigenvalue weighted by atomic mass is 16.5. The van der Waals surface area contributed by atoms with Crippen molar-refractivity contribution in [2.75, 3.05) is 13.2 Å². The first-order valence-electron chi connectivity index (χ1n) is 7.24. The van der Waals surface area contributed by atoms with Gasteiger partial charge in [-0.25, -0.2) is 14.6 Å². The third kappa shape index (κ3) is 3.08. The van der Waals surface area contributed by atoms with Crippen LogP contribution in [0, 0.1) is 13.8 Å². The van der Waals surface area contributed by atoms with Gasteiger partial charge in [-0.2, -0.15) is 0 Å². The number of carbonyl (C=O) groups is 2.